The average molecular weight is 291 g/mol. The van der Waals surface area contributed by atoms with Crippen molar-refractivity contribution in [1.82, 2.24) is 4.90 Å². The van der Waals surface area contributed by atoms with Gasteiger partial charge in [-0.1, -0.05) is 26.3 Å². The number of nitro benzene ring substituents is 1. The predicted octanol–water partition coefficient (Wildman–Crippen LogP) is 3.65. The van der Waals surface area contributed by atoms with Crippen LogP contribution in [-0.4, -0.2) is 30.0 Å². The second-order valence-corrected chi connectivity index (χ2v) is 6.30. The van der Waals surface area contributed by atoms with E-state index >= 15 is 0 Å². The van der Waals surface area contributed by atoms with Gasteiger partial charge >= 0.3 is 0 Å². The Kier molecular flexibility index (Phi) is 4.83. The molecule has 1 aromatic carbocycles. The topological polar surface area (TPSA) is 58.4 Å². The van der Waals surface area contributed by atoms with E-state index in [-0.39, 0.29) is 10.6 Å². The van der Waals surface area contributed by atoms with Gasteiger partial charge in [0.25, 0.3) is 5.69 Å². The van der Waals surface area contributed by atoms with Gasteiger partial charge in [0.1, 0.15) is 5.69 Å². The number of hydrogen-bond donors (Lipinski definition) is 1. The Morgan fingerprint density at radius 1 is 1.38 bits per heavy atom. The van der Waals surface area contributed by atoms with Gasteiger partial charge in [0, 0.05) is 19.7 Å². The number of benzene rings is 1. The van der Waals surface area contributed by atoms with Gasteiger partial charge in [0.05, 0.1) is 4.92 Å². The van der Waals surface area contributed by atoms with Crippen molar-refractivity contribution in [3.05, 3.63) is 33.9 Å². The SMILES string of the molecule is CCC1(C)CCN(Cc2ccc(NC)c([N+](=O)[O-])c2)CC1. The molecular weight excluding hydrogens is 266 g/mol. The molecule has 1 fully saturated rings. The minimum atomic E-state index is -0.320. The highest BCUT2D eigenvalue weighted by atomic mass is 16.6. The van der Waals surface area contributed by atoms with E-state index in [1.807, 2.05) is 6.07 Å². The molecule has 1 aromatic rings. The summed E-state index contributed by atoms with van der Waals surface area (Å²) in [5.74, 6) is 0. The maximum atomic E-state index is 11.1. The normalized spacial score (nSPS) is 18.4. The molecule has 1 aliphatic rings. The molecule has 2 rings (SSSR count). The standard InChI is InChI=1S/C16H25N3O2/c1-4-16(2)7-9-18(10-8-16)12-13-5-6-14(17-3)15(11-13)19(20)21/h5-6,11,17H,4,7-10,12H2,1-3H3. The van der Waals surface area contributed by atoms with Gasteiger partial charge in [0.15, 0.2) is 0 Å². The van der Waals surface area contributed by atoms with E-state index in [1.54, 1.807) is 19.2 Å². The number of nitro groups is 1. The molecule has 1 N–H and O–H groups in total. The number of piperidine rings is 1. The van der Waals surface area contributed by atoms with E-state index in [9.17, 15) is 10.1 Å². The Labute approximate surface area is 126 Å². The molecule has 0 unspecified atom stereocenters. The van der Waals surface area contributed by atoms with Crippen LogP contribution in [0, 0.1) is 15.5 Å². The lowest BCUT2D eigenvalue weighted by atomic mass is 9.78. The van der Waals surface area contributed by atoms with Crippen molar-refractivity contribution in [2.45, 2.75) is 39.7 Å². The number of nitrogens with one attached hydrogen (secondary N) is 1. The second-order valence-electron chi connectivity index (χ2n) is 6.30. The van der Waals surface area contributed by atoms with Gasteiger partial charge in [-0.3, -0.25) is 15.0 Å². The summed E-state index contributed by atoms with van der Waals surface area (Å²) in [7, 11) is 1.71. The zero-order valence-corrected chi connectivity index (χ0v) is 13.2. The molecular formula is C16H25N3O2. The van der Waals surface area contributed by atoms with Crippen LogP contribution < -0.4 is 5.32 Å². The summed E-state index contributed by atoms with van der Waals surface area (Å²) in [6.07, 6.45) is 3.64. The fourth-order valence-electron chi connectivity index (χ4n) is 2.90. The van der Waals surface area contributed by atoms with Crippen LogP contribution in [0.5, 0.6) is 0 Å². The van der Waals surface area contributed by atoms with Crippen molar-refractivity contribution >= 4 is 11.4 Å². The van der Waals surface area contributed by atoms with Crippen molar-refractivity contribution < 1.29 is 4.92 Å². The number of hydrogen-bond acceptors (Lipinski definition) is 4. The van der Waals surface area contributed by atoms with Crippen LogP contribution >= 0.6 is 0 Å². The van der Waals surface area contributed by atoms with Crippen molar-refractivity contribution in [2.75, 3.05) is 25.5 Å². The Balaban J connectivity index is 2.04. The molecule has 0 bridgehead atoms. The van der Waals surface area contributed by atoms with Crippen LogP contribution in [0.25, 0.3) is 0 Å². The highest BCUT2D eigenvalue weighted by Crippen LogP contribution is 2.34. The summed E-state index contributed by atoms with van der Waals surface area (Å²) in [6.45, 7) is 7.56. The van der Waals surface area contributed by atoms with Crippen LogP contribution in [-0.2, 0) is 6.54 Å². The molecule has 21 heavy (non-hydrogen) atoms. The molecule has 116 valence electrons. The second kappa shape index (κ2) is 6.43. The summed E-state index contributed by atoms with van der Waals surface area (Å²) in [5, 5.41) is 14.0. The van der Waals surface area contributed by atoms with Crippen LogP contribution in [0.4, 0.5) is 11.4 Å². The fraction of sp³-hybridized carbons (Fsp3) is 0.625. The Bertz CT molecular complexity index is 508. The molecule has 1 saturated heterocycles. The van der Waals surface area contributed by atoms with Gasteiger partial charge in [-0.15, -0.1) is 0 Å². The molecule has 0 aliphatic carbocycles. The van der Waals surface area contributed by atoms with Gasteiger partial charge in [-0.25, -0.2) is 0 Å². The molecule has 0 aromatic heterocycles. The van der Waals surface area contributed by atoms with Gasteiger partial charge < -0.3 is 5.32 Å². The van der Waals surface area contributed by atoms with E-state index in [2.05, 4.69) is 24.1 Å². The van der Waals surface area contributed by atoms with E-state index in [1.165, 1.54) is 19.3 Å². The van der Waals surface area contributed by atoms with Gasteiger partial charge in [-0.2, -0.15) is 0 Å². The van der Waals surface area contributed by atoms with Crippen LogP contribution in [0.3, 0.4) is 0 Å². The van der Waals surface area contributed by atoms with Gasteiger partial charge in [0.2, 0.25) is 0 Å². The number of likely N-dealkylation sites (tertiary alicyclic amines) is 1. The minimum Gasteiger partial charge on any atom is -0.383 e. The predicted molar refractivity (Wildman–Crippen MR) is 85.6 cm³/mol. The third-order valence-electron chi connectivity index (χ3n) is 4.85. The Hall–Kier alpha value is -1.62. The van der Waals surface area contributed by atoms with Crippen molar-refractivity contribution in [3.8, 4) is 0 Å². The number of anilines is 1. The van der Waals surface area contributed by atoms with Crippen LogP contribution in [0.15, 0.2) is 18.2 Å². The van der Waals surface area contributed by atoms with E-state index in [0.29, 0.717) is 11.1 Å². The summed E-state index contributed by atoms with van der Waals surface area (Å²) in [6, 6.07) is 5.47. The highest BCUT2D eigenvalue weighted by Gasteiger charge is 2.28. The minimum absolute atomic E-state index is 0.158. The van der Waals surface area contributed by atoms with E-state index < -0.39 is 0 Å². The first-order valence-corrected chi connectivity index (χ1v) is 7.65. The smallest absolute Gasteiger partial charge is 0.292 e. The first kappa shape index (κ1) is 15.8. The number of rotatable bonds is 5. The first-order chi connectivity index (χ1) is 9.97. The molecule has 1 aliphatic heterocycles. The lowest BCUT2D eigenvalue weighted by Gasteiger charge is -2.38. The molecule has 0 amide bonds. The summed E-state index contributed by atoms with van der Waals surface area (Å²) < 4.78 is 0. The molecule has 1 heterocycles. The monoisotopic (exact) mass is 291 g/mol. The van der Waals surface area contributed by atoms with Crippen molar-refractivity contribution in [3.63, 3.8) is 0 Å². The Morgan fingerprint density at radius 2 is 2.05 bits per heavy atom. The molecule has 0 saturated carbocycles. The van der Waals surface area contributed by atoms with Gasteiger partial charge in [-0.05, 0) is 43.0 Å². The molecule has 0 atom stereocenters. The third-order valence-corrected chi connectivity index (χ3v) is 4.85. The van der Waals surface area contributed by atoms with Crippen molar-refractivity contribution in [1.29, 1.82) is 0 Å². The zero-order chi connectivity index (χ0) is 15.5. The molecule has 0 radical (unpaired) electrons. The largest absolute Gasteiger partial charge is 0.383 e. The zero-order valence-electron chi connectivity index (χ0n) is 13.2. The average Bonchev–Trinajstić information content (AvgIpc) is 2.49. The quantitative estimate of drug-likeness (QED) is 0.664. The summed E-state index contributed by atoms with van der Waals surface area (Å²) in [4.78, 5) is 13.2. The van der Waals surface area contributed by atoms with E-state index in [0.717, 1.165) is 25.2 Å². The first-order valence-electron chi connectivity index (χ1n) is 7.65. The van der Waals surface area contributed by atoms with E-state index in [4.69, 9.17) is 0 Å². The van der Waals surface area contributed by atoms with Crippen molar-refractivity contribution in [2.24, 2.45) is 5.41 Å². The summed E-state index contributed by atoms with van der Waals surface area (Å²) in [5.41, 5.74) is 2.21. The highest BCUT2D eigenvalue weighted by molar-refractivity contribution is 5.62. The lowest BCUT2D eigenvalue weighted by Crippen LogP contribution is -2.37. The number of nitrogens with zero attached hydrogens (tertiary/aromatic N) is 2. The fourth-order valence-corrected chi connectivity index (χ4v) is 2.90. The summed E-state index contributed by atoms with van der Waals surface area (Å²) >= 11 is 0. The molecule has 5 nitrogen and oxygen atoms in total. The molecule has 5 heteroatoms. The maximum Gasteiger partial charge on any atom is 0.292 e. The third kappa shape index (κ3) is 3.73. The Morgan fingerprint density at radius 3 is 2.57 bits per heavy atom. The van der Waals surface area contributed by atoms with Crippen LogP contribution in [0.2, 0.25) is 0 Å². The molecule has 0 spiro atoms. The lowest BCUT2D eigenvalue weighted by molar-refractivity contribution is -0.384. The maximum absolute atomic E-state index is 11.1. The van der Waals surface area contributed by atoms with Crippen LogP contribution in [0.1, 0.15) is 38.7 Å².